The molecule has 12 heteroatoms. The molecule has 0 spiro atoms. The molecular weight excluding hydrogens is 472 g/mol. The molecule has 0 bridgehead atoms. The van der Waals surface area contributed by atoms with Crippen LogP contribution in [-0.4, -0.2) is 60.7 Å². The quantitative estimate of drug-likeness (QED) is 0.0508. The molecule has 0 fully saturated rings. The summed E-state index contributed by atoms with van der Waals surface area (Å²) in [5.74, 6) is 0.314. The van der Waals surface area contributed by atoms with Gasteiger partial charge in [0.15, 0.2) is 17.9 Å². The van der Waals surface area contributed by atoms with Gasteiger partial charge in [-0.15, -0.1) is 0 Å². The highest BCUT2D eigenvalue weighted by Gasteiger charge is 2.20. The number of aliphatic imine (C=N–C) groups is 3. The van der Waals surface area contributed by atoms with Crippen molar-refractivity contribution in [2.45, 2.75) is 115 Å². The van der Waals surface area contributed by atoms with Crippen molar-refractivity contribution in [3.8, 4) is 0 Å². The third-order valence-electron chi connectivity index (χ3n) is 6.09. The monoisotopic (exact) mass is 526 g/mol. The molecule has 0 saturated heterocycles. The number of nitrogens with zero attached hydrogens (tertiary/aromatic N) is 3. The second-order valence-corrected chi connectivity index (χ2v) is 9.58. The van der Waals surface area contributed by atoms with Gasteiger partial charge in [-0.25, -0.2) is 0 Å². The standard InChI is InChI=1S/C25H54N10O2/c26-23(27)32-17-11-7-3-1-5-9-15-21(36)20(14-13-19-34-25(30)31)35-22(37)16-10-6-2-4-8-12-18-33-24(28)29/h20-21,36H,1-19H2,(H,35,37)(H4,26,27,32)(H4,28,29,33)(H4,30,31,34). The summed E-state index contributed by atoms with van der Waals surface area (Å²) in [5, 5.41) is 13.8. The van der Waals surface area contributed by atoms with E-state index in [4.69, 9.17) is 34.4 Å². The third kappa shape index (κ3) is 24.7. The summed E-state index contributed by atoms with van der Waals surface area (Å²) in [6.07, 6.45) is 14.1. The van der Waals surface area contributed by atoms with Crippen LogP contribution in [0.5, 0.6) is 0 Å². The van der Waals surface area contributed by atoms with E-state index in [1.807, 2.05) is 0 Å². The molecule has 12 nitrogen and oxygen atoms in total. The smallest absolute Gasteiger partial charge is 0.220 e. The highest BCUT2D eigenvalue weighted by atomic mass is 16.3. The van der Waals surface area contributed by atoms with E-state index in [-0.39, 0.29) is 29.8 Å². The van der Waals surface area contributed by atoms with Gasteiger partial charge in [0.05, 0.1) is 12.1 Å². The van der Waals surface area contributed by atoms with Gasteiger partial charge in [-0.05, 0) is 38.5 Å². The molecule has 2 atom stereocenters. The molecule has 0 aliphatic rings. The Balaban J connectivity index is 4.22. The minimum atomic E-state index is -0.588. The van der Waals surface area contributed by atoms with Crippen LogP contribution in [0.4, 0.5) is 0 Å². The first-order chi connectivity index (χ1) is 17.7. The number of hydrogen-bond donors (Lipinski definition) is 8. The van der Waals surface area contributed by atoms with Gasteiger partial charge in [-0.2, -0.15) is 0 Å². The van der Waals surface area contributed by atoms with Gasteiger partial charge in [0.1, 0.15) is 0 Å². The molecule has 0 saturated carbocycles. The van der Waals surface area contributed by atoms with Gasteiger partial charge in [0, 0.05) is 26.1 Å². The van der Waals surface area contributed by atoms with E-state index >= 15 is 0 Å². The molecule has 0 aliphatic carbocycles. The van der Waals surface area contributed by atoms with Gasteiger partial charge >= 0.3 is 0 Å². The van der Waals surface area contributed by atoms with E-state index in [2.05, 4.69) is 20.3 Å². The zero-order valence-electron chi connectivity index (χ0n) is 22.8. The van der Waals surface area contributed by atoms with Crippen molar-refractivity contribution < 1.29 is 9.90 Å². The molecule has 0 aromatic carbocycles. The molecule has 0 aliphatic heterocycles. The van der Waals surface area contributed by atoms with Crippen LogP contribution in [0.25, 0.3) is 0 Å². The van der Waals surface area contributed by atoms with Crippen molar-refractivity contribution in [1.82, 2.24) is 5.32 Å². The normalized spacial score (nSPS) is 12.4. The van der Waals surface area contributed by atoms with E-state index in [0.717, 1.165) is 77.0 Å². The van der Waals surface area contributed by atoms with E-state index in [1.165, 1.54) is 0 Å². The lowest BCUT2D eigenvalue weighted by molar-refractivity contribution is -0.122. The number of aliphatic hydroxyl groups excluding tert-OH is 1. The Bertz CT molecular complexity index is 658. The van der Waals surface area contributed by atoms with Crippen LogP contribution in [0, 0.1) is 0 Å². The molecule has 0 radical (unpaired) electrons. The van der Waals surface area contributed by atoms with Crippen molar-refractivity contribution in [1.29, 1.82) is 0 Å². The fraction of sp³-hybridized carbons (Fsp3) is 0.840. The number of guanidine groups is 3. The number of hydrogen-bond acceptors (Lipinski definition) is 5. The van der Waals surface area contributed by atoms with Crippen LogP contribution in [0.2, 0.25) is 0 Å². The maximum atomic E-state index is 12.5. The maximum absolute atomic E-state index is 12.5. The van der Waals surface area contributed by atoms with Crippen LogP contribution in [0.1, 0.15) is 103 Å². The minimum Gasteiger partial charge on any atom is -0.391 e. The van der Waals surface area contributed by atoms with Crippen molar-refractivity contribution in [3.05, 3.63) is 0 Å². The second-order valence-electron chi connectivity index (χ2n) is 9.58. The first kappa shape index (κ1) is 34.2. The first-order valence-corrected chi connectivity index (χ1v) is 13.9. The van der Waals surface area contributed by atoms with Crippen molar-refractivity contribution in [2.75, 3.05) is 19.6 Å². The first-order valence-electron chi connectivity index (χ1n) is 13.9. The highest BCUT2D eigenvalue weighted by Crippen LogP contribution is 2.14. The summed E-state index contributed by atoms with van der Waals surface area (Å²) in [7, 11) is 0. The Labute approximate surface area is 223 Å². The number of aliphatic hydroxyl groups is 1. The molecule has 2 unspecified atom stereocenters. The van der Waals surface area contributed by atoms with Crippen LogP contribution in [0.15, 0.2) is 15.0 Å². The Kier molecular flexibility index (Phi) is 21.9. The fourth-order valence-corrected chi connectivity index (χ4v) is 4.05. The van der Waals surface area contributed by atoms with Crippen molar-refractivity contribution in [2.24, 2.45) is 49.4 Å². The fourth-order valence-electron chi connectivity index (χ4n) is 4.05. The predicted molar refractivity (Wildman–Crippen MR) is 154 cm³/mol. The molecule has 37 heavy (non-hydrogen) atoms. The number of rotatable bonds is 24. The van der Waals surface area contributed by atoms with Crippen LogP contribution >= 0.6 is 0 Å². The molecule has 14 N–H and O–H groups in total. The third-order valence-corrected chi connectivity index (χ3v) is 6.09. The van der Waals surface area contributed by atoms with Crippen LogP contribution in [0.3, 0.4) is 0 Å². The number of unbranched alkanes of at least 4 members (excludes halogenated alkanes) is 10. The molecule has 0 aromatic heterocycles. The Morgan fingerprint density at radius 2 is 0.973 bits per heavy atom. The average molecular weight is 527 g/mol. The molecule has 0 aromatic rings. The lowest BCUT2D eigenvalue weighted by atomic mass is 9.98. The topological polar surface area (TPSA) is 243 Å². The second kappa shape index (κ2) is 23.6. The molecule has 0 heterocycles. The van der Waals surface area contributed by atoms with Gasteiger partial charge in [0.25, 0.3) is 0 Å². The van der Waals surface area contributed by atoms with E-state index in [9.17, 15) is 9.90 Å². The van der Waals surface area contributed by atoms with Crippen molar-refractivity contribution in [3.63, 3.8) is 0 Å². The summed E-state index contributed by atoms with van der Waals surface area (Å²) < 4.78 is 0. The van der Waals surface area contributed by atoms with E-state index < -0.39 is 6.10 Å². The van der Waals surface area contributed by atoms with Crippen molar-refractivity contribution >= 4 is 23.8 Å². The molecule has 0 rings (SSSR count). The van der Waals surface area contributed by atoms with Gasteiger partial charge in [-0.1, -0.05) is 57.8 Å². The maximum Gasteiger partial charge on any atom is 0.220 e. The van der Waals surface area contributed by atoms with Gasteiger partial charge in [0.2, 0.25) is 5.91 Å². The number of nitrogens with two attached hydrogens (primary N) is 6. The molecule has 1 amide bonds. The SMILES string of the molecule is NC(N)=NCCCCCCCCC(=O)NC(CCCN=C(N)N)C(O)CCCCCCCCN=C(N)N. The predicted octanol–water partition coefficient (Wildman–Crippen LogP) is 0.894. The van der Waals surface area contributed by atoms with Crippen LogP contribution in [-0.2, 0) is 4.79 Å². The molecular formula is C25H54N10O2. The zero-order chi connectivity index (χ0) is 27.7. The largest absolute Gasteiger partial charge is 0.391 e. The Morgan fingerprint density at radius 1 is 0.568 bits per heavy atom. The highest BCUT2D eigenvalue weighted by molar-refractivity contribution is 5.76. The average Bonchev–Trinajstić information content (AvgIpc) is 2.83. The summed E-state index contributed by atoms with van der Waals surface area (Å²) in [6.45, 7) is 1.81. The number of amides is 1. The minimum absolute atomic E-state index is 0.0144. The summed E-state index contributed by atoms with van der Waals surface area (Å²) in [5.41, 5.74) is 32.1. The van der Waals surface area contributed by atoms with Gasteiger partial charge in [-0.3, -0.25) is 19.8 Å². The summed E-state index contributed by atoms with van der Waals surface area (Å²) >= 11 is 0. The lowest BCUT2D eigenvalue weighted by Crippen LogP contribution is -2.43. The lowest BCUT2D eigenvalue weighted by Gasteiger charge is -2.24. The molecule has 216 valence electrons. The van der Waals surface area contributed by atoms with Gasteiger partial charge < -0.3 is 44.8 Å². The Hall–Kier alpha value is -2.76. The number of nitrogens with one attached hydrogen (secondary N) is 1. The zero-order valence-corrected chi connectivity index (χ0v) is 22.8. The summed E-state index contributed by atoms with van der Waals surface area (Å²) in [6, 6.07) is -0.295. The van der Waals surface area contributed by atoms with E-state index in [1.54, 1.807) is 0 Å². The van der Waals surface area contributed by atoms with Crippen LogP contribution < -0.4 is 39.7 Å². The summed E-state index contributed by atoms with van der Waals surface area (Å²) in [4.78, 5) is 24.5. The number of carbonyl (C=O) groups is 1. The number of carbonyl (C=O) groups excluding carboxylic acids is 1. The Morgan fingerprint density at radius 3 is 1.46 bits per heavy atom. The van der Waals surface area contributed by atoms with E-state index in [0.29, 0.717) is 45.3 Å².